The fourth-order valence-corrected chi connectivity index (χ4v) is 3.17. The number of thiophene rings is 1. The standard InChI is InChI=1S/C9H12O2S2/c10-8-5-11-2-4-12-6-7-1-3-13-9(7)8/h1,3,8,10H,2,4-6H2. The van der Waals surface area contributed by atoms with Crippen LogP contribution in [0.3, 0.4) is 0 Å². The summed E-state index contributed by atoms with van der Waals surface area (Å²) in [7, 11) is 0. The molecule has 0 radical (unpaired) electrons. The fourth-order valence-electron chi connectivity index (χ4n) is 1.33. The molecule has 0 saturated heterocycles. The lowest BCUT2D eigenvalue weighted by Crippen LogP contribution is -2.07. The van der Waals surface area contributed by atoms with Gasteiger partial charge in [0.1, 0.15) is 6.10 Å². The largest absolute Gasteiger partial charge is 0.385 e. The van der Waals surface area contributed by atoms with Gasteiger partial charge in [0, 0.05) is 16.4 Å². The summed E-state index contributed by atoms with van der Waals surface area (Å²) in [6.45, 7) is 1.19. The normalized spacial score (nSPS) is 24.2. The zero-order valence-electron chi connectivity index (χ0n) is 7.23. The SMILES string of the molecule is OC1COCCSCc2ccsc21. The topological polar surface area (TPSA) is 29.5 Å². The molecule has 0 aliphatic carbocycles. The highest BCUT2D eigenvalue weighted by atomic mass is 32.2. The molecule has 1 aromatic heterocycles. The van der Waals surface area contributed by atoms with Gasteiger partial charge in [0.15, 0.2) is 0 Å². The lowest BCUT2D eigenvalue weighted by molar-refractivity contribution is 0.0452. The van der Waals surface area contributed by atoms with Gasteiger partial charge < -0.3 is 9.84 Å². The van der Waals surface area contributed by atoms with E-state index in [2.05, 4.69) is 6.07 Å². The van der Waals surface area contributed by atoms with Gasteiger partial charge in [-0.05, 0) is 17.0 Å². The van der Waals surface area contributed by atoms with E-state index in [1.54, 1.807) is 11.3 Å². The second-order valence-corrected chi connectivity index (χ2v) is 5.01. The molecule has 1 unspecified atom stereocenters. The van der Waals surface area contributed by atoms with Gasteiger partial charge in [0.2, 0.25) is 0 Å². The van der Waals surface area contributed by atoms with Crippen molar-refractivity contribution in [2.24, 2.45) is 0 Å². The molecule has 4 heteroatoms. The van der Waals surface area contributed by atoms with Crippen molar-refractivity contribution in [1.29, 1.82) is 0 Å². The molecule has 0 fully saturated rings. The Hall–Kier alpha value is -0.0300. The highest BCUT2D eigenvalue weighted by Gasteiger charge is 2.15. The van der Waals surface area contributed by atoms with Gasteiger partial charge in [-0.25, -0.2) is 0 Å². The Balaban J connectivity index is 2.19. The van der Waals surface area contributed by atoms with Crippen LogP contribution in [0, 0.1) is 0 Å². The van der Waals surface area contributed by atoms with Crippen molar-refractivity contribution in [3.05, 3.63) is 21.9 Å². The van der Waals surface area contributed by atoms with Gasteiger partial charge >= 0.3 is 0 Å². The molecule has 0 spiro atoms. The first-order valence-electron chi connectivity index (χ1n) is 4.28. The predicted molar refractivity (Wildman–Crippen MR) is 56.3 cm³/mol. The van der Waals surface area contributed by atoms with Gasteiger partial charge in [0.25, 0.3) is 0 Å². The van der Waals surface area contributed by atoms with Crippen LogP contribution >= 0.6 is 23.1 Å². The molecule has 2 rings (SSSR count). The van der Waals surface area contributed by atoms with Gasteiger partial charge in [-0.2, -0.15) is 11.8 Å². The van der Waals surface area contributed by atoms with Crippen molar-refractivity contribution in [1.82, 2.24) is 0 Å². The number of aliphatic hydroxyl groups excluding tert-OH is 1. The van der Waals surface area contributed by atoms with Crippen molar-refractivity contribution in [3.63, 3.8) is 0 Å². The van der Waals surface area contributed by atoms with Crippen LogP contribution in [-0.4, -0.2) is 24.1 Å². The van der Waals surface area contributed by atoms with E-state index in [0.717, 1.165) is 23.0 Å². The predicted octanol–water partition coefficient (Wildman–Crippen LogP) is 2.04. The van der Waals surface area contributed by atoms with E-state index in [0.29, 0.717) is 6.61 Å². The summed E-state index contributed by atoms with van der Waals surface area (Å²) in [5, 5.41) is 11.8. The van der Waals surface area contributed by atoms with Crippen molar-refractivity contribution in [3.8, 4) is 0 Å². The molecule has 13 heavy (non-hydrogen) atoms. The zero-order chi connectivity index (χ0) is 9.10. The number of rotatable bonds is 0. The van der Waals surface area contributed by atoms with E-state index in [-0.39, 0.29) is 0 Å². The second kappa shape index (κ2) is 4.46. The molecule has 0 bridgehead atoms. The number of thioether (sulfide) groups is 1. The summed E-state index contributed by atoms with van der Waals surface area (Å²) in [5.74, 6) is 2.02. The minimum atomic E-state index is -0.423. The molecule has 1 atom stereocenters. The molecule has 0 aromatic carbocycles. The average molecular weight is 216 g/mol. The molecular formula is C9H12O2S2. The Morgan fingerprint density at radius 3 is 3.38 bits per heavy atom. The van der Waals surface area contributed by atoms with Crippen LogP contribution in [0.5, 0.6) is 0 Å². The summed E-state index contributed by atoms with van der Waals surface area (Å²) < 4.78 is 5.33. The fraction of sp³-hybridized carbons (Fsp3) is 0.556. The van der Waals surface area contributed by atoms with Crippen molar-refractivity contribution >= 4 is 23.1 Å². The molecule has 72 valence electrons. The second-order valence-electron chi connectivity index (χ2n) is 2.95. The van der Waals surface area contributed by atoms with Gasteiger partial charge in [-0.1, -0.05) is 0 Å². The molecule has 0 saturated carbocycles. The zero-order valence-corrected chi connectivity index (χ0v) is 8.87. The highest BCUT2D eigenvalue weighted by molar-refractivity contribution is 7.98. The van der Waals surface area contributed by atoms with Crippen molar-refractivity contribution in [2.45, 2.75) is 11.9 Å². The molecule has 2 nitrogen and oxygen atoms in total. The average Bonchev–Trinajstić information content (AvgIpc) is 2.58. The number of hydrogen-bond donors (Lipinski definition) is 1. The highest BCUT2D eigenvalue weighted by Crippen LogP contribution is 2.29. The third-order valence-electron chi connectivity index (χ3n) is 1.99. The first-order valence-corrected chi connectivity index (χ1v) is 6.31. The monoisotopic (exact) mass is 216 g/mol. The maximum absolute atomic E-state index is 9.76. The van der Waals surface area contributed by atoms with Crippen LogP contribution < -0.4 is 0 Å². The number of aliphatic hydroxyl groups is 1. The van der Waals surface area contributed by atoms with Crippen LogP contribution in [0.4, 0.5) is 0 Å². The first kappa shape index (κ1) is 9.52. The van der Waals surface area contributed by atoms with E-state index in [1.807, 2.05) is 17.1 Å². The maximum atomic E-state index is 9.76. The molecule has 1 N–H and O–H groups in total. The molecule has 1 aliphatic heterocycles. The Morgan fingerprint density at radius 1 is 1.54 bits per heavy atom. The molecule has 2 heterocycles. The van der Waals surface area contributed by atoms with Crippen LogP contribution in [0.25, 0.3) is 0 Å². The Labute approximate surface area is 85.9 Å². The molecule has 1 aromatic rings. The van der Waals surface area contributed by atoms with E-state index in [1.165, 1.54) is 5.56 Å². The lowest BCUT2D eigenvalue weighted by Gasteiger charge is -2.08. The Bertz CT molecular complexity index is 272. The number of ether oxygens (including phenoxy) is 1. The van der Waals surface area contributed by atoms with E-state index < -0.39 is 6.10 Å². The third kappa shape index (κ3) is 2.26. The minimum absolute atomic E-state index is 0.423. The van der Waals surface area contributed by atoms with Crippen LogP contribution in [0.15, 0.2) is 11.4 Å². The quantitative estimate of drug-likeness (QED) is 0.719. The number of fused-ring (bicyclic) bond motifs is 1. The van der Waals surface area contributed by atoms with Crippen LogP contribution in [-0.2, 0) is 10.5 Å². The van der Waals surface area contributed by atoms with Crippen molar-refractivity contribution < 1.29 is 9.84 Å². The maximum Gasteiger partial charge on any atom is 0.112 e. The molecular weight excluding hydrogens is 204 g/mol. The van der Waals surface area contributed by atoms with Gasteiger partial charge in [0.05, 0.1) is 13.2 Å². The summed E-state index contributed by atoms with van der Waals surface area (Å²) in [6, 6.07) is 2.10. The van der Waals surface area contributed by atoms with Crippen LogP contribution in [0.1, 0.15) is 16.5 Å². The Kier molecular flexibility index (Phi) is 3.27. The lowest BCUT2D eigenvalue weighted by atomic mass is 10.2. The smallest absolute Gasteiger partial charge is 0.112 e. The summed E-state index contributed by atoms with van der Waals surface area (Å²) in [4.78, 5) is 1.08. The minimum Gasteiger partial charge on any atom is -0.385 e. The van der Waals surface area contributed by atoms with Crippen LogP contribution in [0.2, 0.25) is 0 Å². The third-order valence-corrected chi connectivity index (χ3v) is 4.02. The van der Waals surface area contributed by atoms with Gasteiger partial charge in [-0.15, -0.1) is 11.3 Å². The summed E-state index contributed by atoms with van der Waals surface area (Å²) >= 11 is 3.48. The molecule has 0 amide bonds. The number of hydrogen-bond acceptors (Lipinski definition) is 4. The van der Waals surface area contributed by atoms with E-state index in [4.69, 9.17) is 4.74 Å². The van der Waals surface area contributed by atoms with Gasteiger partial charge in [-0.3, -0.25) is 0 Å². The summed E-state index contributed by atoms with van der Waals surface area (Å²) in [5.41, 5.74) is 1.27. The van der Waals surface area contributed by atoms with E-state index in [9.17, 15) is 5.11 Å². The van der Waals surface area contributed by atoms with Crippen molar-refractivity contribution in [2.75, 3.05) is 19.0 Å². The van der Waals surface area contributed by atoms with E-state index >= 15 is 0 Å². The Morgan fingerprint density at radius 2 is 2.46 bits per heavy atom. The summed E-state index contributed by atoms with van der Waals surface area (Å²) in [6.07, 6.45) is -0.423. The molecule has 1 aliphatic rings. The first-order chi connectivity index (χ1) is 6.38.